The van der Waals surface area contributed by atoms with Crippen molar-refractivity contribution in [3.63, 3.8) is 0 Å². The SMILES string of the molecule is C1CCCC(NC2=NCCN2)CC1. The van der Waals surface area contributed by atoms with Gasteiger partial charge in [-0.15, -0.1) is 0 Å². The largest absolute Gasteiger partial charge is 0.355 e. The van der Waals surface area contributed by atoms with E-state index >= 15 is 0 Å². The zero-order valence-electron chi connectivity index (χ0n) is 8.18. The quantitative estimate of drug-likeness (QED) is 0.597. The van der Waals surface area contributed by atoms with Crippen LogP contribution in [0.15, 0.2) is 4.99 Å². The van der Waals surface area contributed by atoms with Crippen molar-refractivity contribution in [3.8, 4) is 0 Å². The van der Waals surface area contributed by atoms with Crippen molar-refractivity contribution in [1.82, 2.24) is 10.6 Å². The lowest BCUT2D eigenvalue weighted by Crippen LogP contribution is -2.40. The van der Waals surface area contributed by atoms with Gasteiger partial charge in [-0.3, -0.25) is 4.99 Å². The summed E-state index contributed by atoms with van der Waals surface area (Å²) in [6.45, 7) is 1.95. The molecule has 1 aliphatic carbocycles. The molecule has 2 rings (SSSR count). The summed E-state index contributed by atoms with van der Waals surface area (Å²) in [7, 11) is 0. The Kier molecular flexibility index (Phi) is 3.06. The minimum atomic E-state index is 0.673. The Morgan fingerprint density at radius 2 is 1.92 bits per heavy atom. The number of nitrogens with one attached hydrogen (secondary N) is 2. The Labute approximate surface area is 80.0 Å². The van der Waals surface area contributed by atoms with Crippen LogP contribution in [0.25, 0.3) is 0 Å². The maximum atomic E-state index is 4.35. The number of aliphatic imine (C=N–C) groups is 1. The molecule has 1 saturated carbocycles. The molecule has 1 fully saturated rings. The van der Waals surface area contributed by atoms with Crippen LogP contribution in [0.4, 0.5) is 0 Å². The number of hydrogen-bond acceptors (Lipinski definition) is 3. The summed E-state index contributed by atoms with van der Waals surface area (Å²) in [5.74, 6) is 1.03. The standard InChI is InChI=1S/C10H19N3/c1-2-4-6-9(5-3-1)13-10-11-7-8-12-10/h9H,1-8H2,(H2,11,12,13). The molecule has 3 nitrogen and oxygen atoms in total. The van der Waals surface area contributed by atoms with Crippen LogP contribution in [0.1, 0.15) is 38.5 Å². The molecule has 13 heavy (non-hydrogen) atoms. The van der Waals surface area contributed by atoms with Crippen molar-refractivity contribution in [2.45, 2.75) is 44.6 Å². The average molecular weight is 181 g/mol. The number of hydrogen-bond donors (Lipinski definition) is 2. The Hall–Kier alpha value is -0.730. The van der Waals surface area contributed by atoms with Gasteiger partial charge in [-0.05, 0) is 12.8 Å². The van der Waals surface area contributed by atoms with Crippen LogP contribution >= 0.6 is 0 Å². The first-order valence-electron chi connectivity index (χ1n) is 5.50. The molecule has 0 saturated heterocycles. The van der Waals surface area contributed by atoms with Crippen LogP contribution in [0.5, 0.6) is 0 Å². The van der Waals surface area contributed by atoms with E-state index in [9.17, 15) is 0 Å². The maximum absolute atomic E-state index is 4.35. The van der Waals surface area contributed by atoms with Crippen LogP contribution < -0.4 is 10.6 Å². The molecular weight excluding hydrogens is 162 g/mol. The summed E-state index contributed by atoms with van der Waals surface area (Å²) in [5.41, 5.74) is 0. The number of guanidine groups is 1. The first kappa shape index (κ1) is 8.85. The molecule has 0 bridgehead atoms. The van der Waals surface area contributed by atoms with E-state index in [1.165, 1.54) is 38.5 Å². The van der Waals surface area contributed by atoms with Gasteiger partial charge < -0.3 is 10.6 Å². The van der Waals surface area contributed by atoms with Gasteiger partial charge in [0.2, 0.25) is 0 Å². The van der Waals surface area contributed by atoms with Crippen molar-refractivity contribution in [2.24, 2.45) is 4.99 Å². The smallest absolute Gasteiger partial charge is 0.191 e. The fraction of sp³-hybridized carbons (Fsp3) is 0.900. The Morgan fingerprint density at radius 1 is 1.15 bits per heavy atom. The maximum Gasteiger partial charge on any atom is 0.191 e. The van der Waals surface area contributed by atoms with E-state index in [2.05, 4.69) is 15.6 Å². The van der Waals surface area contributed by atoms with Gasteiger partial charge >= 0.3 is 0 Å². The van der Waals surface area contributed by atoms with Gasteiger partial charge in [0.05, 0.1) is 6.54 Å². The second kappa shape index (κ2) is 4.49. The van der Waals surface area contributed by atoms with E-state index in [0.717, 1.165) is 19.0 Å². The lowest BCUT2D eigenvalue weighted by atomic mass is 10.1. The number of nitrogens with zero attached hydrogens (tertiary/aromatic N) is 1. The van der Waals surface area contributed by atoms with E-state index in [4.69, 9.17) is 0 Å². The first-order valence-corrected chi connectivity index (χ1v) is 5.50. The van der Waals surface area contributed by atoms with Crippen LogP contribution in [0.2, 0.25) is 0 Å². The van der Waals surface area contributed by atoms with Crippen molar-refractivity contribution in [2.75, 3.05) is 13.1 Å². The third kappa shape index (κ3) is 2.61. The fourth-order valence-electron chi connectivity index (χ4n) is 2.11. The highest BCUT2D eigenvalue weighted by Gasteiger charge is 2.14. The van der Waals surface area contributed by atoms with Gasteiger partial charge in [0.25, 0.3) is 0 Å². The summed E-state index contributed by atoms with van der Waals surface area (Å²) in [5, 5.41) is 6.76. The van der Waals surface area contributed by atoms with Gasteiger partial charge in [-0.25, -0.2) is 0 Å². The van der Waals surface area contributed by atoms with Gasteiger partial charge in [-0.1, -0.05) is 25.7 Å². The van der Waals surface area contributed by atoms with Crippen LogP contribution in [-0.2, 0) is 0 Å². The molecule has 74 valence electrons. The summed E-state index contributed by atoms with van der Waals surface area (Å²) in [4.78, 5) is 4.35. The summed E-state index contributed by atoms with van der Waals surface area (Å²) in [6, 6.07) is 0.673. The van der Waals surface area contributed by atoms with Crippen molar-refractivity contribution >= 4 is 5.96 Å². The predicted molar refractivity (Wildman–Crippen MR) is 54.9 cm³/mol. The second-order valence-corrected chi connectivity index (χ2v) is 3.99. The Morgan fingerprint density at radius 3 is 2.54 bits per heavy atom. The van der Waals surface area contributed by atoms with Gasteiger partial charge in [0, 0.05) is 12.6 Å². The molecule has 0 aromatic carbocycles. The first-order chi connectivity index (χ1) is 6.45. The highest BCUT2D eigenvalue weighted by Crippen LogP contribution is 2.17. The van der Waals surface area contributed by atoms with E-state index < -0.39 is 0 Å². The molecule has 2 N–H and O–H groups in total. The van der Waals surface area contributed by atoms with Gasteiger partial charge in [0.1, 0.15) is 0 Å². The third-order valence-corrected chi connectivity index (χ3v) is 2.87. The van der Waals surface area contributed by atoms with E-state index in [-0.39, 0.29) is 0 Å². The van der Waals surface area contributed by atoms with Gasteiger partial charge in [0.15, 0.2) is 5.96 Å². The highest BCUT2D eigenvalue weighted by molar-refractivity contribution is 5.81. The number of rotatable bonds is 1. The van der Waals surface area contributed by atoms with E-state index in [1.54, 1.807) is 0 Å². The average Bonchev–Trinajstić information content (AvgIpc) is 2.49. The zero-order chi connectivity index (χ0) is 8.93. The molecule has 0 unspecified atom stereocenters. The minimum Gasteiger partial charge on any atom is -0.355 e. The molecule has 1 aliphatic heterocycles. The molecule has 0 spiro atoms. The van der Waals surface area contributed by atoms with E-state index in [0.29, 0.717) is 6.04 Å². The van der Waals surface area contributed by atoms with Gasteiger partial charge in [-0.2, -0.15) is 0 Å². The third-order valence-electron chi connectivity index (χ3n) is 2.87. The summed E-state index contributed by atoms with van der Waals surface area (Å²) < 4.78 is 0. The van der Waals surface area contributed by atoms with Crippen molar-refractivity contribution < 1.29 is 0 Å². The Balaban J connectivity index is 1.78. The highest BCUT2D eigenvalue weighted by atomic mass is 15.2. The van der Waals surface area contributed by atoms with Crippen LogP contribution in [-0.4, -0.2) is 25.1 Å². The lowest BCUT2D eigenvalue weighted by Gasteiger charge is -2.17. The molecule has 0 atom stereocenters. The molecular formula is C10H19N3. The lowest BCUT2D eigenvalue weighted by molar-refractivity contribution is 0.528. The molecule has 1 heterocycles. The monoisotopic (exact) mass is 181 g/mol. The zero-order valence-corrected chi connectivity index (χ0v) is 8.18. The Bertz CT molecular complexity index is 181. The molecule has 0 aromatic heterocycles. The van der Waals surface area contributed by atoms with Crippen LogP contribution in [0.3, 0.4) is 0 Å². The van der Waals surface area contributed by atoms with E-state index in [1.807, 2.05) is 0 Å². The van der Waals surface area contributed by atoms with Crippen molar-refractivity contribution in [3.05, 3.63) is 0 Å². The molecule has 0 amide bonds. The fourth-order valence-corrected chi connectivity index (χ4v) is 2.11. The topological polar surface area (TPSA) is 36.4 Å². The molecule has 2 aliphatic rings. The van der Waals surface area contributed by atoms with Crippen molar-refractivity contribution in [1.29, 1.82) is 0 Å². The summed E-state index contributed by atoms with van der Waals surface area (Å²) in [6.07, 6.45) is 8.23. The molecule has 3 heteroatoms. The molecule has 0 aromatic rings. The second-order valence-electron chi connectivity index (χ2n) is 3.99. The summed E-state index contributed by atoms with van der Waals surface area (Å²) >= 11 is 0. The molecule has 0 radical (unpaired) electrons. The van der Waals surface area contributed by atoms with Crippen LogP contribution in [0, 0.1) is 0 Å². The minimum absolute atomic E-state index is 0.673. The predicted octanol–water partition coefficient (Wildman–Crippen LogP) is 1.26. The normalized spacial score (nSPS) is 24.8.